The van der Waals surface area contributed by atoms with E-state index in [2.05, 4.69) is 69.6 Å². The molecule has 3 aromatic heterocycles. The first-order valence-corrected chi connectivity index (χ1v) is 12.8. The number of aryl methyl sites for hydroxylation is 1. The summed E-state index contributed by atoms with van der Waals surface area (Å²) in [6.07, 6.45) is 4.32. The van der Waals surface area contributed by atoms with Crippen LogP contribution in [0.5, 0.6) is 0 Å². The lowest BCUT2D eigenvalue weighted by Crippen LogP contribution is -2.34. The molecule has 0 amide bonds. The molecule has 0 bridgehead atoms. The second-order valence-electron chi connectivity index (χ2n) is 9.50. The minimum absolute atomic E-state index is 0.0634. The third-order valence-electron chi connectivity index (χ3n) is 6.73. The molecule has 0 unspecified atom stereocenters. The van der Waals surface area contributed by atoms with Gasteiger partial charge in [-0.1, -0.05) is 55.3 Å². The Kier molecular flexibility index (Phi) is 7.56. The lowest BCUT2D eigenvalue weighted by molar-refractivity contribution is 0.166. The third kappa shape index (κ3) is 5.86. The van der Waals surface area contributed by atoms with Crippen LogP contribution in [0.15, 0.2) is 82.2 Å². The number of rotatable bonds is 11. The van der Waals surface area contributed by atoms with Gasteiger partial charge in [0.25, 0.3) is 5.56 Å². The average molecular weight is 497 g/mol. The molecule has 5 aromatic rings. The van der Waals surface area contributed by atoms with Gasteiger partial charge in [0.2, 0.25) is 0 Å². The van der Waals surface area contributed by atoms with Gasteiger partial charge in [0, 0.05) is 24.2 Å². The van der Waals surface area contributed by atoms with Gasteiger partial charge < -0.3 is 9.40 Å². The first-order chi connectivity index (χ1) is 18.1. The Balaban J connectivity index is 1.50. The summed E-state index contributed by atoms with van der Waals surface area (Å²) < 4.78 is 7.36. The second kappa shape index (κ2) is 11.3. The first kappa shape index (κ1) is 24.6. The van der Waals surface area contributed by atoms with Crippen molar-refractivity contribution in [2.24, 2.45) is 0 Å². The summed E-state index contributed by atoms with van der Waals surface area (Å²) in [6, 6.07) is 22.2. The number of hydrogen-bond acceptors (Lipinski definition) is 6. The van der Waals surface area contributed by atoms with Crippen molar-refractivity contribution in [1.29, 1.82) is 0 Å². The van der Waals surface area contributed by atoms with Crippen LogP contribution < -0.4 is 5.56 Å². The van der Waals surface area contributed by atoms with Crippen LogP contribution in [0, 0.1) is 6.92 Å². The molecule has 1 atom stereocenters. The number of aromatic amines is 1. The summed E-state index contributed by atoms with van der Waals surface area (Å²) in [5, 5.41) is 13.8. The fourth-order valence-electron chi connectivity index (χ4n) is 4.83. The van der Waals surface area contributed by atoms with Gasteiger partial charge in [-0.15, -0.1) is 5.10 Å². The number of nitrogens with zero attached hydrogens (tertiary/aromatic N) is 5. The maximum atomic E-state index is 13.1. The highest BCUT2D eigenvalue weighted by atomic mass is 16.3. The summed E-state index contributed by atoms with van der Waals surface area (Å²) in [6.45, 7) is 5.93. The number of hydrogen-bond donors (Lipinski definition) is 1. The Morgan fingerprint density at radius 1 is 1.08 bits per heavy atom. The van der Waals surface area contributed by atoms with Gasteiger partial charge in [-0.2, -0.15) is 0 Å². The molecule has 0 fully saturated rings. The van der Waals surface area contributed by atoms with Crippen LogP contribution in [0.25, 0.3) is 10.9 Å². The van der Waals surface area contributed by atoms with Crippen LogP contribution in [0.3, 0.4) is 0 Å². The minimum Gasteiger partial charge on any atom is -0.467 e. The highest BCUT2D eigenvalue weighted by molar-refractivity contribution is 5.79. The summed E-state index contributed by atoms with van der Waals surface area (Å²) in [5.41, 5.74) is 3.93. The second-order valence-corrected chi connectivity index (χ2v) is 9.50. The molecular weight excluding hydrogens is 464 g/mol. The molecule has 5 rings (SSSR count). The largest absolute Gasteiger partial charge is 0.467 e. The van der Waals surface area contributed by atoms with E-state index in [1.165, 1.54) is 5.56 Å². The molecule has 0 saturated carbocycles. The molecule has 190 valence electrons. The lowest BCUT2D eigenvalue weighted by atomic mass is 10.0. The minimum atomic E-state index is -0.0636. The number of nitrogens with one attached hydrogen (secondary N) is 1. The molecule has 3 heterocycles. The average Bonchev–Trinajstić information content (AvgIpc) is 3.59. The van der Waals surface area contributed by atoms with Gasteiger partial charge in [-0.3, -0.25) is 9.69 Å². The Hall–Kier alpha value is -4.04. The lowest BCUT2D eigenvalue weighted by Gasteiger charge is -2.31. The number of pyridine rings is 1. The fourth-order valence-corrected chi connectivity index (χ4v) is 4.83. The standard InChI is InChI=1S/C29H32N6O2/c1-3-8-27(28-31-32-33-35(28)20-25-11-7-16-37-25)34(15-14-22-9-5-4-6-10-22)19-24-18-23-17-21(2)12-13-26(23)30-29(24)36/h4-7,9-13,16-18,27H,3,8,14-15,19-20H2,1-2H3,(H,30,36)/t27-/m0/s1. The van der Waals surface area contributed by atoms with E-state index in [9.17, 15) is 4.79 Å². The van der Waals surface area contributed by atoms with E-state index < -0.39 is 0 Å². The summed E-state index contributed by atoms with van der Waals surface area (Å²) >= 11 is 0. The van der Waals surface area contributed by atoms with Crippen molar-refractivity contribution in [3.63, 3.8) is 0 Å². The predicted molar refractivity (Wildman–Crippen MR) is 143 cm³/mol. The van der Waals surface area contributed by atoms with Crippen molar-refractivity contribution in [1.82, 2.24) is 30.1 Å². The van der Waals surface area contributed by atoms with E-state index in [0.717, 1.165) is 59.4 Å². The Morgan fingerprint density at radius 3 is 2.73 bits per heavy atom. The molecule has 37 heavy (non-hydrogen) atoms. The van der Waals surface area contributed by atoms with Crippen molar-refractivity contribution in [3.8, 4) is 0 Å². The number of fused-ring (bicyclic) bond motifs is 1. The maximum absolute atomic E-state index is 13.1. The zero-order valence-corrected chi connectivity index (χ0v) is 21.3. The van der Waals surface area contributed by atoms with Crippen molar-refractivity contribution in [2.45, 2.75) is 52.2 Å². The SMILES string of the molecule is CCC[C@@H](c1nnnn1Cc1ccco1)N(CCc1ccccc1)Cc1cc2cc(C)ccc2[nH]c1=O. The molecule has 1 N–H and O–H groups in total. The maximum Gasteiger partial charge on any atom is 0.252 e. The van der Waals surface area contributed by atoms with Crippen LogP contribution in [0.4, 0.5) is 0 Å². The number of furan rings is 1. The summed E-state index contributed by atoms with van der Waals surface area (Å²) in [7, 11) is 0. The fraction of sp³-hybridized carbons (Fsp3) is 0.310. The summed E-state index contributed by atoms with van der Waals surface area (Å²) in [5.74, 6) is 1.57. The first-order valence-electron chi connectivity index (χ1n) is 12.8. The molecule has 0 aliphatic carbocycles. The third-order valence-corrected chi connectivity index (χ3v) is 6.73. The number of benzene rings is 2. The molecule has 0 saturated heterocycles. The van der Waals surface area contributed by atoms with E-state index in [-0.39, 0.29) is 11.6 Å². The molecular formula is C29H32N6O2. The normalized spacial score (nSPS) is 12.4. The van der Waals surface area contributed by atoms with Crippen LogP contribution in [-0.2, 0) is 19.5 Å². The molecule has 0 aliphatic heterocycles. The van der Waals surface area contributed by atoms with Gasteiger partial charge in [0.1, 0.15) is 12.3 Å². The Labute approximate surface area is 215 Å². The van der Waals surface area contributed by atoms with Crippen molar-refractivity contribution in [2.75, 3.05) is 6.54 Å². The van der Waals surface area contributed by atoms with Gasteiger partial charge in [0.05, 0.1) is 12.3 Å². The molecule has 8 heteroatoms. The van der Waals surface area contributed by atoms with Gasteiger partial charge >= 0.3 is 0 Å². The van der Waals surface area contributed by atoms with Gasteiger partial charge in [-0.25, -0.2) is 4.68 Å². The van der Waals surface area contributed by atoms with Crippen LogP contribution in [0.2, 0.25) is 0 Å². The number of tetrazole rings is 1. The zero-order chi connectivity index (χ0) is 25.6. The molecule has 0 spiro atoms. The van der Waals surface area contributed by atoms with E-state index >= 15 is 0 Å². The molecule has 2 aromatic carbocycles. The van der Waals surface area contributed by atoms with Crippen molar-refractivity contribution >= 4 is 10.9 Å². The van der Waals surface area contributed by atoms with E-state index in [0.29, 0.717) is 13.1 Å². The van der Waals surface area contributed by atoms with E-state index in [1.807, 2.05) is 41.1 Å². The number of aromatic nitrogens is 5. The monoisotopic (exact) mass is 496 g/mol. The van der Waals surface area contributed by atoms with Gasteiger partial charge in [-0.05, 0) is 71.5 Å². The van der Waals surface area contributed by atoms with E-state index in [1.54, 1.807) is 6.26 Å². The summed E-state index contributed by atoms with van der Waals surface area (Å²) in [4.78, 5) is 18.5. The topological polar surface area (TPSA) is 92.8 Å². The highest BCUT2D eigenvalue weighted by Gasteiger charge is 2.27. The van der Waals surface area contributed by atoms with Crippen molar-refractivity contribution < 1.29 is 4.42 Å². The zero-order valence-electron chi connectivity index (χ0n) is 21.3. The Bertz CT molecular complexity index is 1490. The number of H-pyrrole nitrogens is 1. The highest BCUT2D eigenvalue weighted by Crippen LogP contribution is 2.27. The molecule has 0 radical (unpaired) electrons. The quantitative estimate of drug-likeness (QED) is 0.275. The van der Waals surface area contributed by atoms with E-state index in [4.69, 9.17) is 4.42 Å². The van der Waals surface area contributed by atoms with Crippen LogP contribution in [0.1, 0.15) is 54.1 Å². The molecule has 0 aliphatic rings. The van der Waals surface area contributed by atoms with Crippen molar-refractivity contribution in [3.05, 3.63) is 112 Å². The smallest absolute Gasteiger partial charge is 0.252 e. The molecule has 8 nitrogen and oxygen atoms in total. The van der Waals surface area contributed by atoms with Gasteiger partial charge in [0.15, 0.2) is 5.82 Å². The van der Waals surface area contributed by atoms with Crippen LogP contribution in [-0.4, -0.2) is 36.6 Å². The Morgan fingerprint density at radius 2 is 1.95 bits per heavy atom. The van der Waals surface area contributed by atoms with Crippen LogP contribution >= 0.6 is 0 Å². The predicted octanol–water partition coefficient (Wildman–Crippen LogP) is 5.05.